The van der Waals surface area contributed by atoms with Gasteiger partial charge in [0.25, 0.3) is 5.91 Å². The van der Waals surface area contributed by atoms with Crippen LogP contribution in [0.3, 0.4) is 0 Å². The first-order valence-electron chi connectivity index (χ1n) is 12.5. The van der Waals surface area contributed by atoms with Crippen LogP contribution in [0.25, 0.3) is 0 Å². The summed E-state index contributed by atoms with van der Waals surface area (Å²) in [5.74, 6) is -1.14. The number of rotatable bonds is 9. The number of carbonyl (C=O) groups excluding carboxylic acids is 4. The van der Waals surface area contributed by atoms with Crippen molar-refractivity contribution in [3.8, 4) is 11.5 Å². The van der Waals surface area contributed by atoms with Crippen molar-refractivity contribution >= 4 is 56.0 Å². The molecule has 14 nitrogen and oxygen atoms in total. The van der Waals surface area contributed by atoms with Gasteiger partial charge in [0.2, 0.25) is 15.9 Å². The second kappa shape index (κ2) is 11.7. The molecule has 1 fully saturated rings. The summed E-state index contributed by atoms with van der Waals surface area (Å²) in [5.41, 5.74) is 1.26. The van der Waals surface area contributed by atoms with Gasteiger partial charge in [-0.3, -0.25) is 14.3 Å². The van der Waals surface area contributed by atoms with Gasteiger partial charge in [-0.2, -0.15) is 0 Å². The normalized spacial score (nSPS) is 16.9. The summed E-state index contributed by atoms with van der Waals surface area (Å²) in [7, 11) is -2.31. The zero-order valence-electron chi connectivity index (χ0n) is 22.3. The van der Waals surface area contributed by atoms with Crippen LogP contribution in [0.1, 0.15) is 27.7 Å². The minimum Gasteiger partial charge on any atom is -0.486 e. The molecular formula is C26H25N5O9S2. The Hall–Kier alpha value is -4.70. The number of nitrogens with one attached hydrogen (secondary N) is 3. The van der Waals surface area contributed by atoms with E-state index < -0.39 is 45.9 Å². The summed E-state index contributed by atoms with van der Waals surface area (Å²) in [6.07, 6.45) is 0.911. The molecule has 3 heterocycles. The quantitative estimate of drug-likeness (QED) is 0.238. The molecule has 220 valence electrons. The lowest BCUT2D eigenvalue weighted by atomic mass is 10.0. The number of thiazole rings is 1. The number of carbonyl (C=O) groups is 4. The van der Waals surface area contributed by atoms with Crippen molar-refractivity contribution in [2.75, 3.05) is 36.6 Å². The van der Waals surface area contributed by atoms with E-state index in [9.17, 15) is 27.6 Å². The van der Waals surface area contributed by atoms with E-state index in [1.54, 1.807) is 30.3 Å². The summed E-state index contributed by atoms with van der Waals surface area (Å²) in [5, 5.41) is 6.67. The van der Waals surface area contributed by atoms with Gasteiger partial charge in [-0.1, -0.05) is 18.2 Å². The summed E-state index contributed by atoms with van der Waals surface area (Å²) in [6.45, 7) is 0.726. The van der Waals surface area contributed by atoms with Crippen molar-refractivity contribution in [1.82, 2.24) is 15.2 Å². The Bertz CT molecular complexity index is 1660. The van der Waals surface area contributed by atoms with Gasteiger partial charge in [0.1, 0.15) is 25.3 Å². The largest absolute Gasteiger partial charge is 0.486 e. The summed E-state index contributed by atoms with van der Waals surface area (Å²) in [6, 6.07) is 7.81. The lowest BCUT2D eigenvalue weighted by molar-refractivity contribution is -0.134. The minimum absolute atomic E-state index is 0.0167. The van der Waals surface area contributed by atoms with Gasteiger partial charge < -0.3 is 24.8 Å². The number of aromatic nitrogens is 1. The van der Waals surface area contributed by atoms with Crippen LogP contribution in [0, 0.1) is 0 Å². The maximum Gasteiger partial charge on any atom is 0.357 e. The minimum atomic E-state index is -3.51. The van der Waals surface area contributed by atoms with Crippen LogP contribution in [0.2, 0.25) is 0 Å². The molecular weight excluding hydrogens is 590 g/mol. The molecule has 16 heteroatoms. The van der Waals surface area contributed by atoms with Gasteiger partial charge in [0, 0.05) is 17.5 Å². The van der Waals surface area contributed by atoms with E-state index in [4.69, 9.17) is 9.47 Å². The fourth-order valence-corrected chi connectivity index (χ4v) is 5.67. The zero-order valence-corrected chi connectivity index (χ0v) is 23.9. The SMILES string of the molecule is COC(=O)c1csc(NC(=O)[C@H](Cc2ccc(NS(C)(=O)=O)cc2)N2C(=O)NC(c3ccc4c(c3)OCCO4)C2=O)n1. The highest BCUT2D eigenvalue weighted by Gasteiger charge is 2.45. The van der Waals surface area contributed by atoms with Crippen LogP contribution in [-0.4, -0.2) is 74.7 Å². The molecule has 5 rings (SSSR count). The molecule has 2 aliphatic heterocycles. The highest BCUT2D eigenvalue weighted by atomic mass is 32.2. The molecule has 3 N–H and O–H groups in total. The smallest absolute Gasteiger partial charge is 0.357 e. The fourth-order valence-electron chi connectivity index (χ4n) is 4.42. The van der Waals surface area contributed by atoms with Gasteiger partial charge in [-0.25, -0.2) is 27.9 Å². The van der Waals surface area contributed by atoms with Crippen molar-refractivity contribution in [2.45, 2.75) is 18.5 Å². The Morgan fingerprint density at radius 2 is 1.86 bits per heavy atom. The average Bonchev–Trinajstić information content (AvgIpc) is 3.54. The van der Waals surface area contributed by atoms with E-state index >= 15 is 0 Å². The maximum absolute atomic E-state index is 13.7. The Kier molecular flexibility index (Phi) is 8.00. The van der Waals surface area contributed by atoms with Crippen molar-refractivity contribution in [3.05, 3.63) is 64.7 Å². The van der Waals surface area contributed by atoms with Crippen LogP contribution in [-0.2, 0) is 30.8 Å². The number of hydrogen-bond acceptors (Lipinski definition) is 11. The van der Waals surface area contributed by atoms with Crippen molar-refractivity contribution < 1.29 is 41.8 Å². The first-order valence-corrected chi connectivity index (χ1v) is 15.2. The molecule has 0 bridgehead atoms. The number of esters is 1. The lowest BCUT2D eigenvalue weighted by Gasteiger charge is -2.24. The van der Waals surface area contributed by atoms with Crippen molar-refractivity contribution in [1.29, 1.82) is 0 Å². The van der Waals surface area contributed by atoms with Crippen molar-refractivity contribution in [3.63, 3.8) is 0 Å². The Labute approximate surface area is 244 Å². The zero-order chi connectivity index (χ0) is 30.0. The molecule has 2 aliphatic rings. The summed E-state index contributed by atoms with van der Waals surface area (Å²) in [4.78, 5) is 57.1. The summed E-state index contributed by atoms with van der Waals surface area (Å²) >= 11 is 0.968. The number of amides is 4. The lowest BCUT2D eigenvalue weighted by Crippen LogP contribution is -2.49. The van der Waals surface area contributed by atoms with Gasteiger partial charge in [-0.15, -0.1) is 11.3 Å². The van der Waals surface area contributed by atoms with E-state index in [0.717, 1.165) is 22.5 Å². The topological polar surface area (TPSA) is 182 Å². The number of nitrogens with zero attached hydrogens (tertiary/aromatic N) is 2. The predicted octanol–water partition coefficient (Wildman–Crippen LogP) is 1.92. The number of sulfonamides is 1. The van der Waals surface area contributed by atoms with Crippen LogP contribution in [0.4, 0.5) is 15.6 Å². The average molecular weight is 616 g/mol. The molecule has 4 amide bonds. The molecule has 0 saturated carbocycles. The van der Waals surface area contributed by atoms with E-state index in [1.165, 1.54) is 24.6 Å². The molecule has 1 saturated heterocycles. The highest BCUT2D eigenvalue weighted by molar-refractivity contribution is 7.92. The number of fused-ring (bicyclic) bond motifs is 1. The third-order valence-electron chi connectivity index (χ3n) is 6.30. The highest BCUT2D eigenvalue weighted by Crippen LogP contribution is 2.35. The second-order valence-electron chi connectivity index (χ2n) is 9.30. The molecule has 2 atom stereocenters. The summed E-state index contributed by atoms with van der Waals surface area (Å²) < 4.78 is 41.2. The van der Waals surface area contributed by atoms with Gasteiger partial charge >= 0.3 is 12.0 Å². The Morgan fingerprint density at radius 1 is 1.14 bits per heavy atom. The maximum atomic E-state index is 13.7. The number of hydrogen-bond donors (Lipinski definition) is 3. The molecule has 1 unspecified atom stereocenters. The first kappa shape index (κ1) is 28.8. The number of benzene rings is 2. The van der Waals surface area contributed by atoms with Gasteiger partial charge in [0.15, 0.2) is 22.3 Å². The molecule has 2 aromatic carbocycles. The molecule has 1 aromatic heterocycles. The van der Waals surface area contributed by atoms with Crippen molar-refractivity contribution in [2.24, 2.45) is 0 Å². The molecule has 0 radical (unpaired) electrons. The molecule has 3 aromatic rings. The standard InChI is InChI=1S/C26H25N5O9S2/c1-38-24(34)17-13-41-25(27-17)29-22(32)18(11-14-3-6-16(7-4-14)30-42(2,36)37)31-23(33)21(28-26(31)35)15-5-8-19-20(12-15)40-10-9-39-19/h3-8,12-13,18,21,30H,9-11H2,1-2H3,(H,28,35)(H,27,29,32)/t18-,21?/m0/s1. The first-order chi connectivity index (χ1) is 20.0. The van der Waals surface area contributed by atoms with E-state index in [0.29, 0.717) is 41.5 Å². The monoisotopic (exact) mass is 615 g/mol. The predicted molar refractivity (Wildman–Crippen MR) is 150 cm³/mol. The van der Waals surface area contributed by atoms with Crippen LogP contribution >= 0.6 is 11.3 Å². The molecule has 42 heavy (non-hydrogen) atoms. The number of ether oxygens (including phenoxy) is 3. The fraction of sp³-hybridized carbons (Fsp3) is 0.269. The van der Waals surface area contributed by atoms with Gasteiger partial charge in [-0.05, 0) is 35.4 Å². The van der Waals surface area contributed by atoms with E-state index in [-0.39, 0.29) is 17.2 Å². The van der Waals surface area contributed by atoms with Gasteiger partial charge in [0.05, 0.1) is 13.4 Å². The number of anilines is 2. The number of imide groups is 1. The third-order valence-corrected chi connectivity index (χ3v) is 7.66. The van der Waals surface area contributed by atoms with E-state index in [1.807, 2.05) is 0 Å². The number of methoxy groups -OCH3 is 1. The third kappa shape index (κ3) is 6.28. The Morgan fingerprint density at radius 3 is 2.55 bits per heavy atom. The number of urea groups is 1. The van der Waals surface area contributed by atoms with Crippen LogP contribution in [0.15, 0.2) is 47.8 Å². The second-order valence-corrected chi connectivity index (χ2v) is 11.9. The molecule has 0 spiro atoms. The Balaban J connectivity index is 1.42. The molecule has 0 aliphatic carbocycles. The van der Waals surface area contributed by atoms with Crippen LogP contribution < -0.4 is 24.8 Å². The van der Waals surface area contributed by atoms with Crippen LogP contribution in [0.5, 0.6) is 11.5 Å². The van der Waals surface area contributed by atoms with E-state index in [2.05, 4.69) is 25.1 Å².